The maximum absolute atomic E-state index is 13.5. The van der Waals surface area contributed by atoms with Gasteiger partial charge in [0.05, 0.1) is 0 Å². The molecule has 1 heterocycles. The number of anilines is 2. The molecule has 0 amide bonds. The van der Waals surface area contributed by atoms with Gasteiger partial charge < -0.3 is 9.64 Å². The van der Waals surface area contributed by atoms with Gasteiger partial charge in [-0.05, 0) is 12.1 Å². The summed E-state index contributed by atoms with van der Waals surface area (Å²) >= 11 is 0. The SMILES string of the molecule is CN(C)c1nc(NN)nc(Oc2cc(F)ccc2F)n1. The van der Waals surface area contributed by atoms with Gasteiger partial charge in [-0.2, -0.15) is 15.0 Å². The first kappa shape index (κ1) is 13.9. The molecule has 3 N–H and O–H groups in total. The third-order valence-corrected chi connectivity index (χ3v) is 2.23. The predicted molar refractivity (Wildman–Crippen MR) is 68.4 cm³/mol. The lowest BCUT2D eigenvalue weighted by Gasteiger charge is -2.12. The minimum Gasteiger partial charge on any atom is -0.421 e. The van der Waals surface area contributed by atoms with E-state index in [1.54, 1.807) is 19.0 Å². The fourth-order valence-corrected chi connectivity index (χ4v) is 1.31. The van der Waals surface area contributed by atoms with Crippen LogP contribution in [0.4, 0.5) is 20.7 Å². The number of rotatable bonds is 4. The number of ether oxygens (including phenoxy) is 1. The van der Waals surface area contributed by atoms with E-state index in [1.807, 2.05) is 0 Å². The first-order chi connectivity index (χ1) is 9.49. The molecule has 9 heteroatoms. The maximum atomic E-state index is 13.5. The van der Waals surface area contributed by atoms with E-state index in [9.17, 15) is 8.78 Å². The standard InChI is InChI=1S/C11H12F2N6O/c1-19(2)10-15-9(18-14)16-11(17-10)20-8-5-6(12)3-4-7(8)13/h3-5H,14H2,1-2H3,(H,15,16,17,18). The summed E-state index contributed by atoms with van der Waals surface area (Å²) < 4.78 is 31.7. The Morgan fingerprint density at radius 1 is 1.20 bits per heavy atom. The Morgan fingerprint density at radius 2 is 1.95 bits per heavy atom. The molecule has 106 valence electrons. The Hall–Kier alpha value is -2.55. The van der Waals surface area contributed by atoms with Crippen molar-refractivity contribution in [2.45, 2.75) is 0 Å². The van der Waals surface area contributed by atoms with Crippen molar-refractivity contribution in [3.05, 3.63) is 29.8 Å². The van der Waals surface area contributed by atoms with Crippen molar-refractivity contribution in [2.75, 3.05) is 24.4 Å². The molecule has 0 aliphatic heterocycles. The van der Waals surface area contributed by atoms with Crippen LogP contribution < -0.4 is 20.9 Å². The Balaban J connectivity index is 2.37. The number of nitrogens with one attached hydrogen (secondary N) is 1. The molecular weight excluding hydrogens is 270 g/mol. The van der Waals surface area contributed by atoms with Gasteiger partial charge in [-0.15, -0.1) is 0 Å². The number of hydrazine groups is 1. The van der Waals surface area contributed by atoms with Crippen LogP contribution in [0.2, 0.25) is 0 Å². The highest BCUT2D eigenvalue weighted by Gasteiger charge is 2.12. The molecule has 0 saturated heterocycles. The normalized spacial score (nSPS) is 10.2. The van der Waals surface area contributed by atoms with E-state index in [0.29, 0.717) is 0 Å². The van der Waals surface area contributed by atoms with Crippen LogP contribution in [0.3, 0.4) is 0 Å². The van der Waals surface area contributed by atoms with Crippen molar-refractivity contribution in [3.63, 3.8) is 0 Å². The van der Waals surface area contributed by atoms with Crippen LogP contribution in [-0.2, 0) is 0 Å². The molecule has 1 aromatic heterocycles. The summed E-state index contributed by atoms with van der Waals surface area (Å²) in [7, 11) is 3.39. The number of aromatic nitrogens is 3. The van der Waals surface area contributed by atoms with E-state index in [1.165, 1.54) is 0 Å². The highest BCUT2D eigenvalue weighted by atomic mass is 19.1. The highest BCUT2D eigenvalue weighted by molar-refractivity contribution is 5.37. The van der Waals surface area contributed by atoms with E-state index >= 15 is 0 Å². The van der Waals surface area contributed by atoms with Crippen LogP contribution in [0.25, 0.3) is 0 Å². The minimum absolute atomic E-state index is 0.0375. The fourth-order valence-electron chi connectivity index (χ4n) is 1.31. The van der Waals surface area contributed by atoms with Crippen LogP contribution in [0.15, 0.2) is 18.2 Å². The summed E-state index contributed by atoms with van der Waals surface area (Å²) in [6.07, 6.45) is 0. The first-order valence-corrected chi connectivity index (χ1v) is 5.52. The molecule has 2 aromatic rings. The van der Waals surface area contributed by atoms with Gasteiger partial charge >= 0.3 is 6.01 Å². The number of hydrogen-bond donors (Lipinski definition) is 2. The van der Waals surface area contributed by atoms with Crippen molar-refractivity contribution >= 4 is 11.9 Å². The van der Waals surface area contributed by atoms with Crippen LogP contribution >= 0.6 is 0 Å². The monoisotopic (exact) mass is 282 g/mol. The van der Waals surface area contributed by atoms with Crippen molar-refractivity contribution in [2.24, 2.45) is 5.84 Å². The summed E-state index contributed by atoms with van der Waals surface area (Å²) in [5.74, 6) is 3.81. The Kier molecular flexibility index (Phi) is 3.89. The molecule has 0 aliphatic rings. The van der Waals surface area contributed by atoms with Gasteiger partial charge in [0.2, 0.25) is 11.9 Å². The molecule has 0 atom stereocenters. The number of nitrogen functional groups attached to an aromatic ring is 1. The average Bonchev–Trinajstić information content (AvgIpc) is 2.42. The molecule has 0 fully saturated rings. The fraction of sp³-hybridized carbons (Fsp3) is 0.182. The molecule has 1 aromatic carbocycles. The van der Waals surface area contributed by atoms with Gasteiger partial charge in [-0.3, -0.25) is 5.43 Å². The number of nitrogens with two attached hydrogens (primary N) is 1. The molecule has 0 spiro atoms. The molecule has 7 nitrogen and oxygen atoms in total. The summed E-state index contributed by atoms with van der Waals surface area (Å²) in [6.45, 7) is 0. The topological polar surface area (TPSA) is 89.2 Å². The number of hydrogen-bond acceptors (Lipinski definition) is 7. The van der Waals surface area contributed by atoms with Gasteiger partial charge in [0.1, 0.15) is 5.82 Å². The molecule has 0 unspecified atom stereocenters. The van der Waals surface area contributed by atoms with Gasteiger partial charge in [-0.25, -0.2) is 14.6 Å². The third-order valence-electron chi connectivity index (χ3n) is 2.23. The van der Waals surface area contributed by atoms with E-state index in [0.717, 1.165) is 18.2 Å². The second-order valence-corrected chi connectivity index (χ2v) is 3.96. The van der Waals surface area contributed by atoms with Crippen molar-refractivity contribution in [1.82, 2.24) is 15.0 Å². The van der Waals surface area contributed by atoms with Gasteiger partial charge in [-0.1, -0.05) is 0 Å². The number of benzene rings is 1. The zero-order valence-electron chi connectivity index (χ0n) is 10.8. The van der Waals surface area contributed by atoms with Crippen LogP contribution in [0.1, 0.15) is 0 Å². The highest BCUT2D eigenvalue weighted by Crippen LogP contribution is 2.24. The average molecular weight is 282 g/mol. The van der Waals surface area contributed by atoms with Gasteiger partial charge in [0.25, 0.3) is 0 Å². The smallest absolute Gasteiger partial charge is 0.328 e. The van der Waals surface area contributed by atoms with Crippen LogP contribution in [0, 0.1) is 11.6 Å². The van der Waals surface area contributed by atoms with Crippen LogP contribution in [0.5, 0.6) is 11.8 Å². The lowest BCUT2D eigenvalue weighted by Crippen LogP contribution is -2.17. The lowest BCUT2D eigenvalue weighted by atomic mass is 10.3. The first-order valence-electron chi connectivity index (χ1n) is 5.52. The molecule has 0 radical (unpaired) electrons. The van der Waals surface area contributed by atoms with Gasteiger partial charge in [0.15, 0.2) is 11.6 Å². The summed E-state index contributed by atoms with van der Waals surface area (Å²) in [4.78, 5) is 13.3. The second kappa shape index (κ2) is 5.61. The zero-order chi connectivity index (χ0) is 14.7. The third kappa shape index (κ3) is 3.06. The quantitative estimate of drug-likeness (QED) is 0.645. The molecular formula is C11H12F2N6O. The largest absolute Gasteiger partial charge is 0.421 e. The summed E-state index contributed by atoms with van der Waals surface area (Å²) in [6, 6.07) is 2.61. The van der Waals surface area contributed by atoms with Crippen LogP contribution in [-0.4, -0.2) is 29.0 Å². The van der Waals surface area contributed by atoms with Crippen molar-refractivity contribution in [3.8, 4) is 11.8 Å². The summed E-state index contributed by atoms with van der Waals surface area (Å²) in [5, 5.41) is 0. The molecule has 0 bridgehead atoms. The Labute approximate surface area is 113 Å². The molecule has 20 heavy (non-hydrogen) atoms. The molecule has 0 aliphatic carbocycles. The van der Waals surface area contributed by atoms with Gasteiger partial charge in [0, 0.05) is 20.2 Å². The summed E-state index contributed by atoms with van der Waals surface area (Å²) in [5.41, 5.74) is 2.24. The number of halogens is 2. The lowest BCUT2D eigenvalue weighted by molar-refractivity contribution is 0.406. The van der Waals surface area contributed by atoms with E-state index in [-0.39, 0.29) is 23.7 Å². The molecule has 0 saturated carbocycles. The predicted octanol–water partition coefficient (Wildman–Crippen LogP) is 1.29. The molecule has 2 rings (SSSR count). The van der Waals surface area contributed by atoms with Crippen molar-refractivity contribution < 1.29 is 13.5 Å². The maximum Gasteiger partial charge on any atom is 0.328 e. The van der Waals surface area contributed by atoms with E-state index in [4.69, 9.17) is 10.6 Å². The number of nitrogens with zero attached hydrogens (tertiary/aromatic N) is 4. The minimum atomic E-state index is -0.736. The van der Waals surface area contributed by atoms with E-state index in [2.05, 4.69) is 20.4 Å². The second-order valence-electron chi connectivity index (χ2n) is 3.96. The van der Waals surface area contributed by atoms with E-state index < -0.39 is 11.6 Å². The Morgan fingerprint density at radius 3 is 2.60 bits per heavy atom. The van der Waals surface area contributed by atoms with Crippen molar-refractivity contribution in [1.29, 1.82) is 0 Å². The Bertz CT molecular complexity index is 622. The zero-order valence-corrected chi connectivity index (χ0v) is 10.8.